The summed E-state index contributed by atoms with van der Waals surface area (Å²) in [4.78, 5) is 15.7. The SMILES string of the molecule is CN1CCCC[C@H]1c1cncc(NCc2nccn2C)n1. The van der Waals surface area contributed by atoms with Gasteiger partial charge in [0.1, 0.15) is 11.6 Å². The highest BCUT2D eigenvalue weighted by Gasteiger charge is 2.22. The molecular weight excluding hydrogens is 264 g/mol. The molecule has 2 aromatic rings. The molecule has 0 bridgehead atoms. The standard InChI is InChI=1S/C15H22N6/c1-20-7-4-3-5-13(20)12-9-16-10-14(19-12)18-11-15-17-6-8-21(15)2/h6,8-10,13H,3-5,7,11H2,1-2H3,(H,18,19)/t13-/m0/s1. The minimum Gasteiger partial charge on any atom is -0.362 e. The Bertz CT molecular complexity index is 593. The average molecular weight is 286 g/mol. The number of piperidine rings is 1. The minimum atomic E-state index is 0.390. The Balaban J connectivity index is 1.69. The van der Waals surface area contributed by atoms with Crippen LogP contribution in [-0.4, -0.2) is 38.0 Å². The lowest BCUT2D eigenvalue weighted by Crippen LogP contribution is -2.30. The van der Waals surface area contributed by atoms with E-state index in [0.29, 0.717) is 12.6 Å². The summed E-state index contributed by atoms with van der Waals surface area (Å²) in [7, 11) is 4.16. The van der Waals surface area contributed by atoms with E-state index in [1.165, 1.54) is 12.8 Å². The van der Waals surface area contributed by atoms with Crippen molar-refractivity contribution in [3.05, 3.63) is 36.3 Å². The highest BCUT2D eigenvalue weighted by atomic mass is 15.2. The smallest absolute Gasteiger partial charge is 0.145 e. The number of anilines is 1. The Labute approximate surface area is 125 Å². The van der Waals surface area contributed by atoms with Gasteiger partial charge in [-0.1, -0.05) is 6.42 Å². The van der Waals surface area contributed by atoms with Gasteiger partial charge in [-0.2, -0.15) is 0 Å². The highest BCUT2D eigenvalue weighted by molar-refractivity contribution is 5.32. The van der Waals surface area contributed by atoms with Gasteiger partial charge in [0, 0.05) is 19.4 Å². The van der Waals surface area contributed by atoms with Crippen LogP contribution in [0.3, 0.4) is 0 Å². The van der Waals surface area contributed by atoms with Crippen LogP contribution in [0.15, 0.2) is 24.8 Å². The first-order chi connectivity index (χ1) is 10.2. The van der Waals surface area contributed by atoms with E-state index in [1.54, 1.807) is 12.4 Å². The Kier molecular flexibility index (Phi) is 4.15. The monoisotopic (exact) mass is 286 g/mol. The molecule has 112 valence electrons. The van der Waals surface area contributed by atoms with Gasteiger partial charge in [-0.05, 0) is 26.4 Å². The van der Waals surface area contributed by atoms with Gasteiger partial charge in [0.15, 0.2) is 0 Å². The molecule has 0 aliphatic carbocycles. The highest BCUT2D eigenvalue weighted by Crippen LogP contribution is 2.28. The predicted octanol–water partition coefficient (Wildman–Crippen LogP) is 1.98. The molecule has 6 nitrogen and oxygen atoms in total. The number of nitrogens with one attached hydrogen (secondary N) is 1. The molecule has 1 aliphatic heterocycles. The predicted molar refractivity (Wildman–Crippen MR) is 81.8 cm³/mol. The number of nitrogens with zero attached hydrogens (tertiary/aromatic N) is 5. The second-order valence-electron chi connectivity index (χ2n) is 5.63. The van der Waals surface area contributed by atoms with Gasteiger partial charge in [0.2, 0.25) is 0 Å². The topological polar surface area (TPSA) is 58.9 Å². The van der Waals surface area contributed by atoms with E-state index < -0.39 is 0 Å². The maximum Gasteiger partial charge on any atom is 0.145 e. The Morgan fingerprint density at radius 2 is 2.19 bits per heavy atom. The van der Waals surface area contributed by atoms with Gasteiger partial charge in [-0.25, -0.2) is 9.97 Å². The fraction of sp³-hybridized carbons (Fsp3) is 0.533. The molecule has 1 N–H and O–H groups in total. The van der Waals surface area contributed by atoms with Crippen molar-refractivity contribution in [1.29, 1.82) is 0 Å². The second-order valence-corrected chi connectivity index (χ2v) is 5.63. The van der Waals surface area contributed by atoms with Crippen molar-refractivity contribution >= 4 is 5.82 Å². The summed E-state index contributed by atoms with van der Waals surface area (Å²) >= 11 is 0. The molecule has 0 radical (unpaired) electrons. The molecule has 1 aliphatic rings. The molecule has 3 rings (SSSR count). The van der Waals surface area contributed by atoms with E-state index in [4.69, 9.17) is 4.98 Å². The van der Waals surface area contributed by atoms with Gasteiger partial charge in [-0.3, -0.25) is 9.88 Å². The van der Waals surface area contributed by atoms with Crippen LogP contribution in [0.5, 0.6) is 0 Å². The fourth-order valence-corrected chi connectivity index (χ4v) is 2.81. The summed E-state index contributed by atoms with van der Waals surface area (Å²) < 4.78 is 2.00. The van der Waals surface area contributed by atoms with Crippen molar-refractivity contribution in [1.82, 2.24) is 24.4 Å². The summed E-state index contributed by atoms with van der Waals surface area (Å²) in [6.07, 6.45) is 11.1. The third-order valence-corrected chi connectivity index (χ3v) is 4.11. The number of aryl methyl sites for hydroxylation is 1. The summed E-state index contributed by atoms with van der Waals surface area (Å²) in [5.41, 5.74) is 1.06. The van der Waals surface area contributed by atoms with Gasteiger partial charge >= 0.3 is 0 Å². The van der Waals surface area contributed by atoms with Crippen LogP contribution in [-0.2, 0) is 13.6 Å². The van der Waals surface area contributed by atoms with E-state index in [1.807, 2.05) is 24.0 Å². The van der Waals surface area contributed by atoms with Crippen LogP contribution in [0.4, 0.5) is 5.82 Å². The van der Waals surface area contributed by atoms with E-state index in [0.717, 1.165) is 30.3 Å². The van der Waals surface area contributed by atoms with Crippen LogP contribution >= 0.6 is 0 Å². The quantitative estimate of drug-likeness (QED) is 0.931. The van der Waals surface area contributed by atoms with Crippen LogP contribution in [0, 0.1) is 0 Å². The molecule has 2 aromatic heterocycles. The Morgan fingerprint density at radius 3 is 2.95 bits per heavy atom. The van der Waals surface area contributed by atoms with Crippen LogP contribution in [0.25, 0.3) is 0 Å². The Morgan fingerprint density at radius 1 is 1.29 bits per heavy atom. The molecular formula is C15H22N6. The second kappa shape index (κ2) is 6.22. The molecule has 0 spiro atoms. The molecule has 0 unspecified atom stereocenters. The summed E-state index contributed by atoms with van der Waals surface area (Å²) in [6, 6.07) is 0.390. The maximum atomic E-state index is 4.72. The lowest BCUT2D eigenvalue weighted by atomic mass is 10.0. The van der Waals surface area contributed by atoms with E-state index in [-0.39, 0.29) is 0 Å². The molecule has 1 fully saturated rings. The zero-order valence-electron chi connectivity index (χ0n) is 12.7. The van der Waals surface area contributed by atoms with Crippen LogP contribution < -0.4 is 5.32 Å². The molecule has 3 heterocycles. The normalized spacial score (nSPS) is 19.6. The van der Waals surface area contributed by atoms with Crippen LogP contribution in [0.1, 0.15) is 36.8 Å². The molecule has 6 heteroatoms. The number of aromatic nitrogens is 4. The number of hydrogen-bond acceptors (Lipinski definition) is 5. The lowest BCUT2D eigenvalue weighted by Gasteiger charge is -2.31. The molecule has 1 atom stereocenters. The van der Waals surface area contributed by atoms with E-state index in [9.17, 15) is 0 Å². The minimum absolute atomic E-state index is 0.390. The third kappa shape index (κ3) is 3.21. The maximum absolute atomic E-state index is 4.72. The lowest BCUT2D eigenvalue weighted by molar-refractivity contribution is 0.183. The molecule has 1 saturated heterocycles. The Hall–Kier alpha value is -1.95. The van der Waals surface area contributed by atoms with Crippen molar-refractivity contribution < 1.29 is 0 Å². The molecule has 0 saturated carbocycles. The van der Waals surface area contributed by atoms with Crippen molar-refractivity contribution in [3.8, 4) is 0 Å². The largest absolute Gasteiger partial charge is 0.362 e. The number of rotatable bonds is 4. The van der Waals surface area contributed by atoms with Gasteiger partial charge in [-0.15, -0.1) is 0 Å². The number of likely N-dealkylation sites (tertiary alicyclic amines) is 1. The number of hydrogen-bond donors (Lipinski definition) is 1. The zero-order chi connectivity index (χ0) is 14.7. The van der Waals surface area contributed by atoms with Gasteiger partial charge in [0.05, 0.1) is 30.7 Å². The third-order valence-electron chi connectivity index (χ3n) is 4.11. The average Bonchev–Trinajstić information content (AvgIpc) is 2.91. The van der Waals surface area contributed by atoms with Gasteiger partial charge in [0.25, 0.3) is 0 Å². The molecule has 21 heavy (non-hydrogen) atoms. The summed E-state index contributed by atoms with van der Waals surface area (Å²) in [6.45, 7) is 1.79. The first-order valence-corrected chi connectivity index (χ1v) is 7.46. The number of imidazole rings is 1. The van der Waals surface area contributed by atoms with Crippen molar-refractivity contribution in [3.63, 3.8) is 0 Å². The molecule has 0 amide bonds. The van der Waals surface area contributed by atoms with Crippen molar-refractivity contribution in [2.45, 2.75) is 31.8 Å². The fourth-order valence-electron chi connectivity index (χ4n) is 2.81. The first-order valence-electron chi connectivity index (χ1n) is 7.46. The van der Waals surface area contributed by atoms with Crippen molar-refractivity contribution in [2.24, 2.45) is 7.05 Å². The first kappa shape index (κ1) is 14.0. The van der Waals surface area contributed by atoms with Crippen molar-refractivity contribution in [2.75, 3.05) is 18.9 Å². The summed E-state index contributed by atoms with van der Waals surface area (Å²) in [5.74, 6) is 1.80. The van der Waals surface area contributed by atoms with E-state index in [2.05, 4.69) is 27.2 Å². The summed E-state index contributed by atoms with van der Waals surface area (Å²) in [5, 5.41) is 3.31. The molecule has 0 aromatic carbocycles. The van der Waals surface area contributed by atoms with Crippen LogP contribution in [0.2, 0.25) is 0 Å². The van der Waals surface area contributed by atoms with Gasteiger partial charge < -0.3 is 9.88 Å². The zero-order valence-corrected chi connectivity index (χ0v) is 12.7. The van der Waals surface area contributed by atoms with E-state index >= 15 is 0 Å².